The van der Waals surface area contributed by atoms with E-state index in [-0.39, 0.29) is 5.75 Å². The molecule has 0 saturated carbocycles. The summed E-state index contributed by atoms with van der Waals surface area (Å²) in [6.45, 7) is 7.87. The topological polar surface area (TPSA) is 40.6 Å². The first-order chi connectivity index (χ1) is 10.0. The lowest BCUT2D eigenvalue weighted by atomic mass is 10.1. The molecule has 1 fully saturated rings. The molecular weight excluding hydrogens is 284 g/mol. The first-order valence-corrected chi connectivity index (χ1v) is 9.38. The molecule has 0 aliphatic carbocycles. The summed E-state index contributed by atoms with van der Waals surface area (Å²) in [5, 5.41) is 0. The predicted molar refractivity (Wildman–Crippen MR) is 87.0 cm³/mol. The normalized spacial score (nSPS) is 18.0. The molecule has 1 aliphatic rings. The van der Waals surface area contributed by atoms with Gasteiger partial charge in [-0.2, -0.15) is 4.31 Å². The maximum Gasteiger partial charge on any atom is 0.213 e. The molecule has 1 aliphatic heterocycles. The quantitative estimate of drug-likeness (QED) is 0.806. The van der Waals surface area contributed by atoms with Crippen molar-refractivity contribution in [1.82, 2.24) is 9.21 Å². The van der Waals surface area contributed by atoms with Crippen molar-refractivity contribution in [2.24, 2.45) is 0 Å². The van der Waals surface area contributed by atoms with Gasteiger partial charge >= 0.3 is 0 Å². The van der Waals surface area contributed by atoms with Crippen molar-refractivity contribution in [1.29, 1.82) is 0 Å². The second-order valence-electron chi connectivity index (χ2n) is 5.73. The number of rotatable bonds is 6. The Hall–Kier alpha value is -0.910. The van der Waals surface area contributed by atoms with Crippen LogP contribution >= 0.6 is 0 Å². The van der Waals surface area contributed by atoms with Crippen LogP contribution in [0.5, 0.6) is 0 Å². The highest BCUT2D eigenvalue weighted by atomic mass is 32.2. The van der Waals surface area contributed by atoms with Crippen LogP contribution in [0, 0.1) is 6.92 Å². The fourth-order valence-electron chi connectivity index (χ4n) is 2.79. The van der Waals surface area contributed by atoms with Gasteiger partial charge in [0.1, 0.15) is 0 Å². The average molecular weight is 310 g/mol. The standard InChI is InChI=1S/C16H26N2O2S/c1-3-21(19,20)18-12-10-17(11-13-18)9-5-8-16-7-4-6-15(2)14-16/h4,6-7,14H,3,5,8-13H2,1-2H3. The fraction of sp³-hybridized carbons (Fsp3) is 0.625. The Bertz CT molecular complexity index is 549. The van der Waals surface area contributed by atoms with E-state index in [4.69, 9.17) is 0 Å². The number of hydrogen-bond acceptors (Lipinski definition) is 3. The molecule has 0 amide bonds. The van der Waals surface area contributed by atoms with Gasteiger partial charge in [-0.25, -0.2) is 8.42 Å². The number of sulfonamides is 1. The molecular formula is C16H26N2O2S. The van der Waals surface area contributed by atoms with E-state index in [0.29, 0.717) is 13.1 Å². The van der Waals surface area contributed by atoms with Gasteiger partial charge in [0.25, 0.3) is 0 Å². The van der Waals surface area contributed by atoms with E-state index >= 15 is 0 Å². The lowest BCUT2D eigenvalue weighted by Crippen LogP contribution is -2.49. The molecule has 0 radical (unpaired) electrons. The van der Waals surface area contributed by atoms with E-state index in [0.717, 1.165) is 32.5 Å². The molecule has 1 saturated heterocycles. The summed E-state index contributed by atoms with van der Waals surface area (Å²) in [5.41, 5.74) is 2.70. The Morgan fingerprint density at radius 1 is 1.14 bits per heavy atom. The van der Waals surface area contributed by atoms with Crippen molar-refractivity contribution in [2.45, 2.75) is 26.7 Å². The predicted octanol–water partition coefficient (Wildman–Crippen LogP) is 1.89. The lowest BCUT2D eigenvalue weighted by Gasteiger charge is -2.33. The van der Waals surface area contributed by atoms with Gasteiger partial charge in [0.2, 0.25) is 10.0 Å². The summed E-state index contributed by atoms with van der Waals surface area (Å²) < 4.78 is 25.2. The van der Waals surface area contributed by atoms with Crippen molar-refractivity contribution < 1.29 is 8.42 Å². The molecule has 1 aromatic rings. The minimum atomic E-state index is -3.01. The zero-order valence-corrected chi connectivity index (χ0v) is 13.9. The van der Waals surface area contributed by atoms with Crippen molar-refractivity contribution in [3.05, 3.63) is 35.4 Å². The Labute approximate surface area is 128 Å². The van der Waals surface area contributed by atoms with E-state index in [9.17, 15) is 8.42 Å². The first kappa shape index (κ1) is 16.5. The fourth-order valence-corrected chi connectivity index (χ4v) is 3.87. The monoisotopic (exact) mass is 310 g/mol. The molecule has 1 aromatic carbocycles. The number of benzene rings is 1. The second-order valence-corrected chi connectivity index (χ2v) is 7.99. The van der Waals surface area contributed by atoms with Crippen LogP contribution in [0.3, 0.4) is 0 Å². The Kier molecular flexibility index (Phi) is 5.79. The molecule has 5 heteroatoms. The molecule has 1 heterocycles. The summed E-state index contributed by atoms with van der Waals surface area (Å²) >= 11 is 0. The Morgan fingerprint density at radius 3 is 2.48 bits per heavy atom. The van der Waals surface area contributed by atoms with Crippen molar-refractivity contribution in [3.8, 4) is 0 Å². The molecule has 0 bridgehead atoms. The molecule has 0 spiro atoms. The number of hydrogen-bond donors (Lipinski definition) is 0. The minimum absolute atomic E-state index is 0.209. The molecule has 4 nitrogen and oxygen atoms in total. The molecule has 21 heavy (non-hydrogen) atoms. The smallest absolute Gasteiger partial charge is 0.213 e. The van der Waals surface area contributed by atoms with Crippen LogP contribution in [0.1, 0.15) is 24.5 Å². The third-order valence-electron chi connectivity index (χ3n) is 4.11. The van der Waals surface area contributed by atoms with Crippen molar-refractivity contribution in [2.75, 3.05) is 38.5 Å². The first-order valence-electron chi connectivity index (χ1n) is 7.77. The van der Waals surface area contributed by atoms with Crippen LogP contribution in [0.15, 0.2) is 24.3 Å². The Balaban J connectivity index is 1.72. The summed E-state index contributed by atoms with van der Waals surface area (Å²) in [6, 6.07) is 8.65. The van der Waals surface area contributed by atoms with Crippen LogP contribution in [0.4, 0.5) is 0 Å². The maximum absolute atomic E-state index is 11.8. The van der Waals surface area contributed by atoms with E-state index in [2.05, 4.69) is 36.1 Å². The summed E-state index contributed by atoms with van der Waals surface area (Å²) in [7, 11) is -3.01. The van der Waals surface area contributed by atoms with Gasteiger partial charge in [-0.3, -0.25) is 0 Å². The molecule has 2 rings (SSSR count). The largest absolute Gasteiger partial charge is 0.301 e. The molecule has 118 valence electrons. The summed E-state index contributed by atoms with van der Waals surface area (Å²) in [6.07, 6.45) is 2.22. The Morgan fingerprint density at radius 2 is 1.86 bits per heavy atom. The van der Waals surface area contributed by atoms with Gasteiger partial charge in [-0.15, -0.1) is 0 Å². The zero-order valence-electron chi connectivity index (χ0n) is 13.1. The average Bonchev–Trinajstić information content (AvgIpc) is 2.48. The van der Waals surface area contributed by atoms with Crippen LogP contribution in [-0.2, 0) is 16.4 Å². The number of nitrogens with zero attached hydrogens (tertiary/aromatic N) is 2. The van der Waals surface area contributed by atoms with E-state index in [1.165, 1.54) is 11.1 Å². The number of piperazine rings is 1. The molecule has 0 atom stereocenters. The van der Waals surface area contributed by atoms with Gasteiger partial charge in [0.15, 0.2) is 0 Å². The SMILES string of the molecule is CCS(=O)(=O)N1CCN(CCCc2cccc(C)c2)CC1. The van der Waals surface area contributed by atoms with Crippen molar-refractivity contribution in [3.63, 3.8) is 0 Å². The van der Waals surface area contributed by atoms with Crippen LogP contribution in [-0.4, -0.2) is 56.1 Å². The number of aryl methyl sites for hydroxylation is 2. The second kappa shape index (κ2) is 7.38. The van der Waals surface area contributed by atoms with Gasteiger partial charge in [-0.05, 0) is 38.8 Å². The molecule has 0 aromatic heterocycles. The molecule has 0 unspecified atom stereocenters. The lowest BCUT2D eigenvalue weighted by molar-refractivity contribution is 0.187. The van der Waals surface area contributed by atoms with Gasteiger partial charge < -0.3 is 4.90 Å². The maximum atomic E-state index is 11.8. The highest BCUT2D eigenvalue weighted by molar-refractivity contribution is 7.89. The van der Waals surface area contributed by atoms with Crippen molar-refractivity contribution >= 4 is 10.0 Å². The van der Waals surface area contributed by atoms with Crippen LogP contribution in [0.25, 0.3) is 0 Å². The zero-order chi connectivity index (χ0) is 15.3. The minimum Gasteiger partial charge on any atom is -0.301 e. The molecule has 0 N–H and O–H groups in total. The van der Waals surface area contributed by atoms with E-state index in [1.54, 1.807) is 11.2 Å². The van der Waals surface area contributed by atoms with Crippen LogP contribution in [0.2, 0.25) is 0 Å². The highest BCUT2D eigenvalue weighted by Gasteiger charge is 2.24. The van der Waals surface area contributed by atoms with E-state index in [1.807, 2.05) is 0 Å². The van der Waals surface area contributed by atoms with Gasteiger partial charge in [-0.1, -0.05) is 29.8 Å². The highest BCUT2D eigenvalue weighted by Crippen LogP contribution is 2.10. The summed E-state index contributed by atoms with van der Waals surface area (Å²) in [4.78, 5) is 2.37. The van der Waals surface area contributed by atoms with E-state index < -0.39 is 10.0 Å². The summed E-state index contributed by atoms with van der Waals surface area (Å²) in [5.74, 6) is 0.209. The third kappa shape index (κ3) is 4.80. The van der Waals surface area contributed by atoms with Gasteiger partial charge in [0.05, 0.1) is 5.75 Å². The van der Waals surface area contributed by atoms with Gasteiger partial charge in [0, 0.05) is 26.2 Å². The van der Waals surface area contributed by atoms with Crippen LogP contribution < -0.4 is 0 Å². The third-order valence-corrected chi connectivity index (χ3v) is 5.99.